The van der Waals surface area contributed by atoms with Crippen molar-refractivity contribution in [3.8, 4) is 0 Å². The molecule has 0 spiro atoms. The predicted molar refractivity (Wildman–Crippen MR) is 96.4 cm³/mol. The Morgan fingerprint density at radius 1 is 1.12 bits per heavy atom. The summed E-state index contributed by atoms with van der Waals surface area (Å²) in [5.41, 5.74) is 0. The van der Waals surface area contributed by atoms with E-state index in [0.29, 0.717) is 12.8 Å². The van der Waals surface area contributed by atoms with Crippen LogP contribution in [0.5, 0.6) is 0 Å². The van der Waals surface area contributed by atoms with Crippen LogP contribution >= 0.6 is 0 Å². The molecule has 1 saturated heterocycles. The lowest BCUT2D eigenvalue weighted by Gasteiger charge is -2.38. The molecule has 150 valence electrons. The predicted octanol–water partition coefficient (Wildman–Crippen LogP) is 1.02. The van der Waals surface area contributed by atoms with Gasteiger partial charge in [0.1, 0.15) is 0 Å². The van der Waals surface area contributed by atoms with Gasteiger partial charge in [-0.1, -0.05) is 51.9 Å². The van der Waals surface area contributed by atoms with Crippen LogP contribution in [-0.4, -0.2) is 69.0 Å². The maximum atomic E-state index is 10.1. The summed E-state index contributed by atoms with van der Waals surface area (Å²) in [5, 5.41) is 48.8. The number of piperidine rings is 1. The Balaban J connectivity index is 0.00000178. The van der Waals surface area contributed by atoms with Gasteiger partial charge in [-0.3, -0.25) is 4.79 Å². The van der Waals surface area contributed by atoms with Gasteiger partial charge in [0.2, 0.25) is 0 Å². The summed E-state index contributed by atoms with van der Waals surface area (Å²) in [7, 11) is 0. The molecule has 0 aromatic carbocycles. The molecule has 7 heteroatoms. The van der Waals surface area contributed by atoms with Crippen molar-refractivity contribution >= 4 is 6.47 Å². The third-order valence-electron chi connectivity index (χ3n) is 4.68. The molecular formula is C18H37NO6. The highest BCUT2D eigenvalue weighted by molar-refractivity contribution is 5.32. The molecule has 0 aromatic heterocycles. The van der Waals surface area contributed by atoms with Crippen molar-refractivity contribution in [2.24, 2.45) is 0 Å². The third-order valence-corrected chi connectivity index (χ3v) is 4.68. The SMILES string of the molecule is CCCCCCCCC[C@H](O)C[C@H]1C[C@H](O)[C@@H](O)[C@@H](CO)N1.O=CO. The number of aliphatic hydroxyl groups excluding tert-OH is 4. The molecule has 1 aliphatic heterocycles. The second kappa shape index (κ2) is 15.5. The number of carbonyl (C=O) groups is 1. The fourth-order valence-electron chi connectivity index (χ4n) is 3.28. The smallest absolute Gasteiger partial charge is 0.290 e. The summed E-state index contributed by atoms with van der Waals surface area (Å²) in [6, 6.07) is -0.547. The van der Waals surface area contributed by atoms with E-state index in [0.717, 1.165) is 12.8 Å². The first-order valence-electron chi connectivity index (χ1n) is 9.49. The lowest BCUT2D eigenvalue weighted by Crippen LogP contribution is -2.59. The number of carboxylic acid groups (broad SMARTS) is 1. The van der Waals surface area contributed by atoms with E-state index in [4.69, 9.17) is 9.90 Å². The van der Waals surface area contributed by atoms with Crippen molar-refractivity contribution in [2.45, 2.75) is 102 Å². The minimum Gasteiger partial charge on any atom is -0.483 e. The van der Waals surface area contributed by atoms with Gasteiger partial charge in [-0.05, 0) is 19.3 Å². The van der Waals surface area contributed by atoms with Gasteiger partial charge in [-0.15, -0.1) is 0 Å². The first-order chi connectivity index (χ1) is 12.0. The zero-order valence-corrected chi connectivity index (χ0v) is 15.4. The second-order valence-electron chi connectivity index (χ2n) is 6.85. The Bertz CT molecular complexity index is 318. The molecule has 1 fully saturated rings. The van der Waals surface area contributed by atoms with E-state index < -0.39 is 18.2 Å². The zero-order chi connectivity index (χ0) is 19.1. The van der Waals surface area contributed by atoms with Crippen LogP contribution in [-0.2, 0) is 4.79 Å². The van der Waals surface area contributed by atoms with E-state index in [1.165, 1.54) is 38.5 Å². The van der Waals surface area contributed by atoms with E-state index in [9.17, 15) is 20.4 Å². The van der Waals surface area contributed by atoms with Gasteiger partial charge in [0, 0.05) is 6.04 Å². The average molecular weight is 363 g/mol. The lowest BCUT2D eigenvalue weighted by molar-refractivity contribution is -0.122. The van der Waals surface area contributed by atoms with Crippen LogP contribution in [0, 0.1) is 0 Å². The van der Waals surface area contributed by atoms with E-state index in [2.05, 4.69) is 12.2 Å². The Kier molecular flexibility index (Phi) is 15.1. The fraction of sp³-hybridized carbons (Fsp3) is 0.944. The van der Waals surface area contributed by atoms with E-state index in [1.54, 1.807) is 0 Å². The highest BCUT2D eigenvalue weighted by atomic mass is 16.3. The molecule has 0 bridgehead atoms. The van der Waals surface area contributed by atoms with E-state index in [-0.39, 0.29) is 25.2 Å². The van der Waals surface area contributed by atoms with Gasteiger partial charge in [0.15, 0.2) is 0 Å². The summed E-state index contributed by atoms with van der Waals surface area (Å²) >= 11 is 0. The van der Waals surface area contributed by atoms with E-state index >= 15 is 0 Å². The molecular weight excluding hydrogens is 326 g/mol. The molecule has 0 saturated carbocycles. The average Bonchev–Trinajstić information content (AvgIpc) is 2.58. The van der Waals surface area contributed by atoms with Gasteiger partial charge in [0.25, 0.3) is 6.47 Å². The van der Waals surface area contributed by atoms with Gasteiger partial charge in [-0.25, -0.2) is 0 Å². The first kappa shape index (κ1) is 24.3. The van der Waals surface area contributed by atoms with Crippen molar-refractivity contribution in [1.29, 1.82) is 0 Å². The minimum absolute atomic E-state index is 0.0462. The van der Waals surface area contributed by atoms with Crippen LogP contribution in [0.1, 0.15) is 71.1 Å². The quantitative estimate of drug-likeness (QED) is 0.239. The first-order valence-corrected chi connectivity index (χ1v) is 9.49. The molecule has 0 unspecified atom stereocenters. The number of hydrogen-bond acceptors (Lipinski definition) is 6. The third kappa shape index (κ3) is 11.5. The summed E-state index contributed by atoms with van der Waals surface area (Å²) in [5.74, 6) is 0. The molecule has 1 heterocycles. The Hall–Kier alpha value is -0.730. The Labute approximate surface area is 151 Å². The van der Waals surface area contributed by atoms with Gasteiger partial charge < -0.3 is 30.8 Å². The molecule has 0 aliphatic carbocycles. The summed E-state index contributed by atoms with van der Waals surface area (Å²) < 4.78 is 0. The Morgan fingerprint density at radius 2 is 1.68 bits per heavy atom. The molecule has 25 heavy (non-hydrogen) atoms. The van der Waals surface area contributed by atoms with Crippen molar-refractivity contribution in [3.63, 3.8) is 0 Å². The highest BCUT2D eigenvalue weighted by Crippen LogP contribution is 2.20. The van der Waals surface area contributed by atoms with Crippen LogP contribution in [0.25, 0.3) is 0 Å². The van der Waals surface area contributed by atoms with Gasteiger partial charge in [-0.2, -0.15) is 0 Å². The maximum Gasteiger partial charge on any atom is 0.290 e. The molecule has 0 aromatic rings. The molecule has 0 amide bonds. The summed E-state index contributed by atoms with van der Waals surface area (Å²) in [4.78, 5) is 8.36. The molecule has 6 N–H and O–H groups in total. The van der Waals surface area contributed by atoms with Crippen molar-refractivity contribution < 1.29 is 30.3 Å². The zero-order valence-electron chi connectivity index (χ0n) is 15.4. The topological polar surface area (TPSA) is 130 Å². The number of unbranched alkanes of at least 4 members (excludes halogenated alkanes) is 6. The fourth-order valence-corrected chi connectivity index (χ4v) is 3.28. The molecule has 1 aliphatic rings. The van der Waals surface area contributed by atoms with Crippen molar-refractivity contribution in [2.75, 3.05) is 6.61 Å². The van der Waals surface area contributed by atoms with Crippen molar-refractivity contribution in [1.82, 2.24) is 5.32 Å². The van der Waals surface area contributed by atoms with E-state index in [1.807, 2.05) is 0 Å². The second-order valence-corrected chi connectivity index (χ2v) is 6.85. The highest BCUT2D eigenvalue weighted by Gasteiger charge is 2.35. The van der Waals surface area contributed by atoms with Gasteiger partial charge >= 0.3 is 0 Å². The molecule has 5 atom stereocenters. The van der Waals surface area contributed by atoms with Crippen LogP contribution in [0.4, 0.5) is 0 Å². The maximum absolute atomic E-state index is 10.1. The minimum atomic E-state index is -0.929. The van der Waals surface area contributed by atoms with Crippen LogP contribution in [0.15, 0.2) is 0 Å². The van der Waals surface area contributed by atoms with Gasteiger partial charge in [0.05, 0.1) is 31.0 Å². The standard InChI is InChI=1S/C17H35NO4.CH2O2/c1-2-3-4-5-6-7-8-9-14(20)10-13-11-16(21)17(22)15(12-19)18-13;2-1-3/h13-22H,2-12H2,1H3;1H,(H,2,3)/t13-,14-,15+,16-,17-;/m0./s1. The Morgan fingerprint density at radius 3 is 2.24 bits per heavy atom. The van der Waals surface area contributed by atoms with Crippen LogP contribution < -0.4 is 5.32 Å². The summed E-state index contributed by atoms with van der Waals surface area (Å²) in [6.45, 7) is 1.76. The summed E-state index contributed by atoms with van der Waals surface area (Å²) in [6.07, 6.45) is 8.27. The number of hydrogen-bond donors (Lipinski definition) is 6. The molecule has 0 radical (unpaired) electrons. The number of rotatable bonds is 11. The largest absolute Gasteiger partial charge is 0.483 e. The van der Waals surface area contributed by atoms with Crippen LogP contribution in [0.2, 0.25) is 0 Å². The number of nitrogens with one attached hydrogen (secondary N) is 1. The van der Waals surface area contributed by atoms with Crippen molar-refractivity contribution in [3.05, 3.63) is 0 Å². The number of aliphatic hydroxyl groups is 4. The normalized spacial score (nSPS) is 27.2. The lowest BCUT2D eigenvalue weighted by atomic mass is 9.89. The molecule has 1 rings (SSSR count). The van der Waals surface area contributed by atoms with Crippen LogP contribution in [0.3, 0.4) is 0 Å². The monoisotopic (exact) mass is 363 g/mol. The molecule has 7 nitrogen and oxygen atoms in total.